The zero-order valence-electron chi connectivity index (χ0n) is 10.8. The predicted octanol–water partition coefficient (Wildman–Crippen LogP) is 1.33. The average molecular weight is 261 g/mol. The van der Waals surface area contributed by atoms with Gasteiger partial charge >= 0.3 is 5.97 Å². The number of benzene rings is 1. The van der Waals surface area contributed by atoms with E-state index in [4.69, 9.17) is 4.74 Å². The highest BCUT2D eigenvalue weighted by Gasteiger charge is 2.32. The number of ether oxygens (including phenoxy) is 1. The molecule has 4 heteroatoms. The molecule has 1 fully saturated rings. The van der Waals surface area contributed by atoms with Gasteiger partial charge in [0.1, 0.15) is 12.1 Å². The summed E-state index contributed by atoms with van der Waals surface area (Å²) < 4.78 is 5.64. The first-order valence-electron chi connectivity index (χ1n) is 6.94. The van der Waals surface area contributed by atoms with E-state index in [1.165, 1.54) is 5.56 Å². The topological polar surface area (TPSA) is 58.6 Å². The summed E-state index contributed by atoms with van der Waals surface area (Å²) in [5, 5.41) is 12.4. The van der Waals surface area contributed by atoms with Crippen LogP contribution in [-0.4, -0.2) is 29.8 Å². The second-order valence-corrected chi connectivity index (χ2v) is 5.37. The fourth-order valence-electron chi connectivity index (χ4n) is 2.95. The van der Waals surface area contributed by atoms with Gasteiger partial charge in [-0.25, -0.2) is 0 Å². The van der Waals surface area contributed by atoms with Crippen LogP contribution in [0.25, 0.3) is 0 Å². The molecule has 3 rings (SSSR count). The molecule has 1 aromatic rings. The fraction of sp³-hybridized carbons (Fsp3) is 0.533. The Kier molecular flexibility index (Phi) is 3.53. The van der Waals surface area contributed by atoms with Crippen molar-refractivity contribution < 1.29 is 14.6 Å². The molecule has 3 atom stereocenters. The van der Waals surface area contributed by atoms with Crippen molar-refractivity contribution >= 4 is 5.97 Å². The average Bonchev–Trinajstić information content (AvgIpc) is 2.86. The number of fused-ring (bicyclic) bond motifs is 1. The quantitative estimate of drug-likeness (QED) is 0.789. The van der Waals surface area contributed by atoms with Crippen molar-refractivity contribution in [3.05, 3.63) is 35.4 Å². The Bertz CT molecular complexity index is 474. The number of hydrogen-bond donors (Lipinski definition) is 2. The number of aliphatic hydroxyl groups is 1. The molecule has 102 valence electrons. The number of rotatable bonds is 2. The van der Waals surface area contributed by atoms with E-state index in [1.54, 1.807) is 0 Å². The van der Waals surface area contributed by atoms with E-state index < -0.39 is 6.10 Å². The number of aliphatic hydroxyl groups excluding tert-OH is 1. The molecule has 19 heavy (non-hydrogen) atoms. The molecule has 0 saturated carbocycles. The fourth-order valence-corrected chi connectivity index (χ4v) is 2.95. The van der Waals surface area contributed by atoms with Crippen LogP contribution in [0.15, 0.2) is 24.3 Å². The Morgan fingerprint density at radius 2 is 2.21 bits per heavy atom. The lowest BCUT2D eigenvalue weighted by Gasteiger charge is -2.26. The molecule has 3 unspecified atom stereocenters. The Morgan fingerprint density at radius 3 is 3.00 bits per heavy atom. The molecule has 1 aromatic carbocycles. The van der Waals surface area contributed by atoms with Crippen molar-refractivity contribution in [3.8, 4) is 0 Å². The van der Waals surface area contributed by atoms with Gasteiger partial charge in [0.15, 0.2) is 0 Å². The van der Waals surface area contributed by atoms with Gasteiger partial charge in [-0.15, -0.1) is 0 Å². The van der Waals surface area contributed by atoms with Crippen LogP contribution < -0.4 is 5.32 Å². The van der Waals surface area contributed by atoms with Crippen LogP contribution in [0.2, 0.25) is 0 Å². The maximum absolute atomic E-state index is 12.1. The highest BCUT2D eigenvalue weighted by molar-refractivity contribution is 5.76. The van der Waals surface area contributed by atoms with Crippen molar-refractivity contribution in [2.24, 2.45) is 0 Å². The number of carbonyl (C=O) groups is 1. The Morgan fingerprint density at radius 1 is 1.37 bits per heavy atom. The van der Waals surface area contributed by atoms with Gasteiger partial charge in [-0.1, -0.05) is 24.3 Å². The predicted molar refractivity (Wildman–Crippen MR) is 70.6 cm³/mol. The van der Waals surface area contributed by atoms with Gasteiger partial charge in [0.2, 0.25) is 0 Å². The number of β-amino-alcohol motifs (C(OH)–C–C–N with tert-alkyl or cyclic N) is 1. The molecule has 2 N–H and O–H groups in total. The molecular weight excluding hydrogens is 242 g/mol. The Labute approximate surface area is 112 Å². The number of nitrogens with one attached hydrogen (secondary N) is 1. The molecule has 0 bridgehead atoms. The van der Waals surface area contributed by atoms with E-state index in [0.29, 0.717) is 13.0 Å². The first-order chi connectivity index (χ1) is 9.24. The van der Waals surface area contributed by atoms with Gasteiger partial charge in [0.05, 0.1) is 6.10 Å². The molecule has 0 amide bonds. The van der Waals surface area contributed by atoms with Crippen molar-refractivity contribution in [2.45, 2.75) is 43.9 Å². The summed E-state index contributed by atoms with van der Waals surface area (Å²) in [6, 6.07) is 7.81. The minimum atomic E-state index is -0.434. The van der Waals surface area contributed by atoms with E-state index in [2.05, 4.69) is 11.4 Å². The lowest BCUT2D eigenvalue weighted by molar-refractivity contribution is -0.152. The third-order valence-corrected chi connectivity index (χ3v) is 3.96. The van der Waals surface area contributed by atoms with Crippen LogP contribution in [0.4, 0.5) is 0 Å². The molecule has 1 aliphatic heterocycles. The largest absolute Gasteiger partial charge is 0.456 e. The lowest BCUT2D eigenvalue weighted by Crippen LogP contribution is -2.33. The number of carbonyl (C=O) groups excluding carboxylic acids is 1. The van der Waals surface area contributed by atoms with E-state index in [0.717, 1.165) is 24.8 Å². The van der Waals surface area contributed by atoms with E-state index in [-0.39, 0.29) is 18.1 Å². The zero-order valence-corrected chi connectivity index (χ0v) is 10.8. The monoisotopic (exact) mass is 261 g/mol. The summed E-state index contributed by atoms with van der Waals surface area (Å²) in [4.78, 5) is 12.1. The summed E-state index contributed by atoms with van der Waals surface area (Å²) >= 11 is 0. The molecule has 1 saturated heterocycles. The third kappa shape index (κ3) is 2.65. The van der Waals surface area contributed by atoms with E-state index in [9.17, 15) is 9.90 Å². The van der Waals surface area contributed by atoms with Crippen molar-refractivity contribution in [1.29, 1.82) is 0 Å². The van der Waals surface area contributed by atoms with Gasteiger partial charge in [0.25, 0.3) is 0 Å². The minimum Gasteiger partial charge on any atom is -0.456 e. The highest BCUT2D eigenvalue weighted by Crippen LogP contribution is 2.32. The van der Waals surface area contributed by atoms with Gasteiger partial charge in [-0.2, -0.15) is 0 Å². The SMILES string of the molecule is O=C(OC1CCCc2ccccc21)C1CC(O)CN1. The van der Waals surface area contributed by atoms with Gasteiger partial charge < -0.3 is 15.2 Å². The lowest BCUT2D eigenvalue weighted by atomic mass is 9.89. The van der Waals surface area contributed by atoms with Crippen molar-refractivity contribution in [2.75, 3.05) is 6.54 Å². The molecule has 0 spiro atoms. The van der Waals surface area contributed by atoms with Crippen LogP contribution in [-0.2, 0) is 16.0 Å². The summed E-state index contributed by atoms with van der Waals surface area (Å²) in [6.45, 7) is 0.473. The molecule has 0 radical (unpaired) electrons. The maximum Gasteiger partial charge on any atom is 0.323 e. The van der Waals surface area contributed by atoms with Crippen LogP contribution in [0.5, 0.6) is 0 Å². The van der Waals surface area contributed by atoms with Crippen LogP contribution >= 0.6 is 0 Å². The molecular formula is C15H19NO3. The second kappa shape index (κ2) is 5.31. The first kappa shape index (κ1) is 12.6. The van der Waals surface area contributed by atoms with Crippen LogP contribution in [0, 0.1) is 0 Å². The standard InChI is InChI=1S/C15H19NO3/c17-11-8-13(16-9-11)15(18)19-14-7-3-5-10-4-1-2-6-12(10)14/h1-2,4,6,11,13-14,16-17H,3,5,7-9H2. The summed E-state index contributed by atoms with van der Waals surface area (Å²) in [7, 11) is 0. The summed E-state index contributed by atoms with van der Waals surface area (Å²) in [5.74, 6) is -0.238. The summed E-state index contributed by atoms with van der Waals surface area (Å²) in [5.41, 5.74) is 2.42. The number of esters is 1. The third-order valence-electron chi connectivity index (χ3n) is 3.96. The van der Waals surface area contributed by atoms with Gasteiger partial charge in [-0.05, 0) is 30.4 Å². The Balaban J connectivity index is 1.69. The first-order valence-corrected chi connectivity index (χ1v) is 6.94. The maximum atomic E-state index is 12.1. The molecule has 0 aromatic heterocycles. The van der Waals surface area contributed by atoms with Crippen LogP contribution in [0.1, 0.15) is 36.5 Å². The zero-order chi connectivity index (χ0) is 13.2. The molecule has 1 heterocycles. The molecule has 1 aliphatic carbocycles. The van der Waals surface area contributed by atoms with Crippen molar-refractivity contribution in [1.82, 2.24) is 5.32 Å². The minimum absolute atomic E-state index is 0.128. The Hall–Kier alpha value is -1.39. The second-order valence-electron chi connectivity index (χ2n) is 5.37. The van der Waals surface area contributed by atoms with Gasteiger partial charge in [-0.3, -0.25) is 4.79 Å². The highest BCUT2D eigenvalue weighted by atomic mass is 16.5. The van der Waals surface area contributed by atoms with E-state index in [1.807, 2.05) is 18.2 Å². The normalized spacial score (nSPS) is 29.8. The molecule has 2 aliphatic rings. The van der Waals surface area contributed by atoms with Crippen molar-refractivity contribution in [3.63, 3.8) is 0 Å². The van der Waals surface area contributed by atoms with E-state index >= 15 is 0 Å². The van der Waals surface area contributed by atoms with Gasteiger partial charge in [0, 0.05) is 13.0 Å². The van der Waals surface area contributed by atoms with Crippen LogP contribution in [0.3, 0.4) is 0 Å². The number of hydrogen-bond acceptors (Lipinski definition) is 4. The smallest absolute Gasteiger partial charge is 0.323 e. The summed E-state index contributed by atoms with van der Waals surface area (Å²) in [6.07, 6.45) is 2.89. The number of aryl methyl sites for hydroxylation is 1. The molecule has 4 nitrogen and oxygen atoms in total.